The van der Waals surface area contributed by atoms with Crippen molar-refractivity contribution in [3.8, 4) is 16.6 Å². The lowest BCUT2D eigenvalue weighted by Gasteiger charge is -2.23. The molecule has 0 radical (unpaired) electrons. The third-order valence-corrected chi connectivity index (χ3v) is 10.2. The van der Waals surface area contributed by atoms with Gasteiger partial charge in [0.1, 0.15) is 34.3 Å². The van der Waals surface area contributed by atoms with Crippen LogP contribution in [0.15, 0.2) is 36.7 Å². The average molecular weight is 603 g/mol. The SMILES string of the molecule is Cc1nc(NCC2C3CN(c4ccc(F)cc4C#N)C[C@@H]23)nc(N[C@@H]2C[C@H](CO)[C@@H](O)[C@H]2O)c1-c1nc2cnccc2s1. The van der Waals surface area contributed by atoms with E-state index in [0.29, 0.717) is 59.3 Å². The quantitative estimate of drug-likeness (QED) is 0.202. The highest BCUT2D eigenvalue weighted by Gasteiger charge is 2.55. The lowest BCUT2D eigenvalue weighted by Crippen LogP contribution is -2.35. The van der Waals surface area contributed by atoms with Crippen molar-refractivity contribution in [1.29, 1.82) is 5.26 Å². The Morgan fingerprint density at radius 2 is 1.95 bits per heavy atom. The van der Waals surface area contributed by atoms with Gasteiger partial charge in [0.05, 0.1) is 45.6 Å². The van der Waals surface area contributed by atoms with Gasteiger partial charge >= 0.3 is 0 Å². The predicted octanol–water partition coefficient (Wildman–Crippen LogP) is 2.78. The molecular weight excluding hydrogens is 571 g/mol. The number of rotatable bonds is 8. The van der Waals surface area contributed by atoms with Gasteiger partial charge in [-0.1, -0.05) is 0 Å². The molecule has 43 heavy (non-hydrogen) atoms. The number of benzene rings is 1. The zero-order valence-electron chi connectivity index (χ0n) is 23.4. The van der Waals surface area contributed by atoms with Gasteiger partial charge in [0, 0.05) is 38.4 Å². The van der Waals surface area contributed by atoms with Crippen molar-refractivity contribution in [2.24, 2.45) is 23.7 Å². The maximum absolute atomic E-state index is 13.6. The lowest BCUT2D eigenvalue weighted by molar-refractivity contribution is 0.00446. The fourth-order valence-corrected chi connectivity index (χ4v) is 7.79. The Labute approximate surface area is 251 Å². The second-order valence-corrected chi connectivity index (χ2v) is 12.7. The standard InChI is InChI=1S/C30H31FN8O3S/c1-14-25(29-37-22-10-33-5-4-24(22)43-29)28(36-21-7-16(13-40)26(41)27(21)42)38-30(35-14)34-9-18-19-11-39(12-20(18)19)23-3-2-17(31)6-15(23)8-32/h2-6,10,16,18-21,26-27,40-42H,7,9,11-13H2,1H3,(H2,34,35,36,38)/t16-,18?,19+,20?,21-,26-,27+/m1/s1. The summed E-state index contributed by atoms with van der Waals surface area (Å²) in [6.07, 6.45) is 1.72. The summed E-state index contributed by atoms with van der Waals surface area (Å²) in [5, 5.41) is 47.7. The van der Waals surface area contributed by atoms with Gasteiger partial charge in [-0.25, -0.2) is 14.4 Å². The van der Waals surface area contributed by atoms with Crippen molar-refractivity contribution in [3.63, 3.8) is 0 Å². The van der Waals surface area contributed by atoms with Gasteiger partial charge in [-0.2, -0.15) is 10.2 Å². The molecule has 3 aromatic heterocycles. The van der Waals surface area contributed by atoms with Crippen LogP contribution in [-0.2, 0) is 0 Å². The number of nitrogens with zero attached hydrogens (tertiary/aromatic N) is 6. The number of aryl methyl sites for hydroxylation is 1. The Hall–Kier alpha value is -3.96. The van der Waals surface area contributed by atoms with Crippen LogP contribution < -0.4 is 15.5 Å². The van der Waals surface area contributed by atoms with Gasteiger partial charge in [-0.15, -0.1) is 11.3 Å². The monoisotopic (exact) mass is 602 g/mol. The smallest absolute Gasteiger partial charge is 0.224 e. The number of aromatic nitrogens is 4. The van der Waals surface area contributed by atoms with Crippen molar-refractivity contribution in [2.45, 2.75) is 31.6 Å². The van der Waals surface area contributed by atoms with Crippen molar-refractivity contribution in [1.82, 2.24) is 19.9 Å². The van der Waals surface area contributed by atoms with Crippen molar-refractivity contribution in [2.75, 3.05) is 41.8 Å². The molecule has 7 rings (SSSR count). The molecule has 13 heteroatoms. The Bertz CT molecular complexity index is 1680. The number of nitriles is 1. The first-order valence-corrected chi connectivity index (χ1v) is 15.2. The summed E-state index contributed by atoms with van der Waals surface area (Å²) >= 11 is 1.50. The number of pyridine rings is 1. The molecule has 11 nitrogen and oxygen atoms in total. The summed E-state index contributed by atoms with van der Waals surface area (Å²) in [7, 11) is 0. The van der Waals surface area contributed by atoms with E-state index in [-0.39, 0.29) is 6.61 Å². The van der Waals surface area contributed by atoms with Crippen molar-refractivity contribution in [3.05, 3.63) is 53.7 Å². The number of anilines is 3. The molecule has 0 amide bonds. The number of fused-ring (bicyclic) bond motifs is 2. The van der Waals surface area contributed by atoms with Gasteiger partial charge in [0.15, 0.2) is 0 Å². The molecular formula is C30H31FN8O3S. The molecule has 5 N–H and O–H groups in total. The van der Waals surface area contributed by atoms with Crippen LogP contribution in [0.4, 0.5) is 21.8 Å². The number of aliphatic hydroxyl groups excluding tert-OH is 3. The molecule has 0 bridgehead atoms. The first kappa shape index (κ1) is 27.8. The van der Waals surface area contributed by atoms with E-state index < -0.39 is 30.0 Å². The molecule has 2 aliphatic carbocycles. The Kier molecular flexibility index (Phi) is 7.09. The zero-order chi connectivity index (χ0) is 29.8. The van der Waals surface area contributed by atoms with E-state index >= 15 is 0 Å². The highest BCUT2D eigenvalue weighted by molar-refractivity contribution is 7.21. The number of hydrogen-bond donors (Lipinski definition) is 5. The molecule has 1 aliphatic heterocycles. The first-order chi connectivity index (χ1) is 20.8. The van der Waals surface area contributed by atoms with E-state index in [2.05, 4.69) is 26.6 Å². The minimum absolute atomic E-state index is 0.218. The minimum atomic E-state index is -1.06. The topological polar surface area (TPSA) is 163 Å². The van der Waals surface area contributed by atoms with Crippen LogP contribution in [0.1, 0.15) is 17.7 Å². The normalized spacial score (nSPS) is 27.7. The summed E-state index contributed by atoms with van der Waals surface area (Å²) in [5.41, 5.74) is 3.33. The number of thiazole rings is 1. The molecule has 1 saturated heterocycles. The molecule has 0 spiro atoms. The Morgan fingerprint density at radius 1 is 1.14 bits per heavy atom. The van der Waals surface area contributed by atoms with Gasteiger partial charge in [-0.3, -0.25) is 4.98 Å². The number of aliphatic hydroxyl groups is 3. The third kappa shape index (κ3) is 5.04. The predicted molar refractivity (Wildman–Crippen MR) is 160 cm³/mol. The zero-order valence-corrected chi connectivity index (χ0v) is 24.2. The van der Waals surface area contributed by atoms with Crippen LogP contribution in [0.5, 0.6) is 0 Å². The lowest BCUT2D eigenvalue weighted by atomic mass is 10.1. The summed E-state index contributed by atoms with van der Waals surface area (Å²) < 4.78 is 14.6. The molecule has 1 aromatic carbocycles. The summed E-state index contributed by atoms with van der Waals surface area (Å²) in [6.45, 7) is 3.98. The maximum atomic E-state index is 13.6. The molecule has 4 heterocycles. The van der Waals surface area contributed by atoms with E-state index in [1.807, 2.05) is 13.0 Å². The number of nitrogens with one attached hydrogen (secondary N) is 2. The van der Waals surface area contributed by atoms with Crippen LogP contribution >= 0.6 is 11.3 Å². The van der Waals surface area contributed by atoms with Crippen LogP contribution in [0.25, 0.3) is 20.8 Å². The minimum Gasteiger partial charge on any atom is -0.396 e. The molecule has 7 atom stereocenters. The van der Waals surface area contributed by atoms with E-state index in [4.69, 9.17) is 15.0 Å². The van der Waals surface area contributed by atoms with E-state index in [0.717, 1.165) is 34.0 Å². The molecule has 2 saturated carbocycles. The van der Waals surface area contributed by atoms with E-state index in [9.17, 15) is 25.0 Å². The second kappa shape index (κ2) is 10.9. The summed E-state index contributed by atoms with van der Waals surface area (Å²) in [4.78, 5) is 20.7. The number of piperidine rings is 1. The first-order valence-electron chi connectivity index (χ1n) is 14.4. The van der Waals surface area contributed by atoms with E-state index in [1.54, 1.807) is 18.5 Å². The van der Waals surface area contributed by atoms with Gasteiger partial charge in [0.25, 0.3) is 0 Å². The van der Waals surface area contributed by atoms with Crippen LogP contribution in [0.3, 0.4) is 0 Å². The third-order valence-electron chi connectivity index (χ3n) is 9.14. The largest absolute Gasteiger partial charge is 0.396 e. The Balaban J connectivity index is 1.10. The number of halogens is 1. The van der Waals surface area contributed by atoms with Crippen molar-refractivity contribution >= 4 is 39.0 Å². The van der Waals surface area contributed by atoms with Gasteiger partial charge in [0.2, 0.25) is 5.95 Å². The van der Waals surface area contributed by atoms with Crippen LogP contribution in [0.2, 0.25) is 0 Å². The summed E-state index contributed by atoms with van der Waals surface area (Å²) in [5.74, 6) is 1.46. The molecule has 3 fully saturated rings. The Morgan fingerprint density at radius 3 is 2.67 bits per heavy atom. The fraction of sp³-hybridized carbons (Fsp3) is 0.433. The van der Waals surface area contributed by atoms with Gasteiger partial charge in [-0.05, 0) is 55.4 Å². The van der Waals surface area contributed by atoms with Crippen LogP contribution in [0, 0.1) is 47.7 Å². The summed E-state index contributed by atoms with van der Waals surface area (Å²) in [6, 6.07) is 7.87. The highest BCUT2D eigenvalue weighted by Crippen LogP contribution is 2.52. The van der Waals surface area contributed by atoms with Gasteiger partial charge < -0.3 is 30.9 Å². The number of hydrogen-bond acceptors (Lipinski definition) is 12. The second-order valence-electron chi connectivity index (χ2n) is 11.7. The molecule has 4 aromatic rings. The van der Waals surface area contributed by atoms with Crippen molar-refractivity contribution < 1.29 is 19.7 Å². The average Bonchev–Trinajstić information content (AvgIpc) is 3.32. The van der Waals surface area contributed by atoms with E-state index in [1.165, 1.54) is 23.5 Å². The fourth-order valence-electron chi connectivity index (χ4n) is 6.76. The van der Waals surface area contributed by atoms with Crippen LogP contribution in [-0.4, -0.2) is 79.7 Å². The highest BCUT2D eigenvalue weighted by atomic mass is 32.1. The molecule has 2 unspecified atom stereocenters. The molecule has 3 aliphatic rings. The maximum Gasteiger partial charge on any atom is 0.224 e. The molecule has 222 valence electrons.